The number of carbonyl (C=O) groups excluding carboxylic acids is 1. The molecule has 3 aromatic rings. The third kappa shape index (κ3) is 3.97. The standard InChI is InChI=1S/C24H22FN3O/c1-15-8-7-9-16(2)23(15)28-17(3)12-19(18(28)4)13-20(14-26)24(29)27-22-11-6-5-10-21(22)25/h5-13H,1-4H3,(H,27,29)/b20-13+. The van der Waals surface area contributed by atoms with Crippen LogP contribution in [-0.2, 0) is 4.79 Å². The first kappa shape index (κ1) is 20.1. The van der Waals surface area contributed by atoms with Gasteiger partial charge in [0.05, 0.1) is 11.4 Å². The lowest BCUT2D eigenvalue weighted by Gasteiger charge is -2.15. The first-order valence-corrected chi connectivity index (χ1v) is 9.26. The maximum Gasteiger partial charge on any atom is 0.266 e. The molecule has 0 saturated heterocycles. The van der Waals surface area contributed by atoms with E-state index in [2.05, 4.69) is 35.9 Å². The second-order valence-electron chi connectivity index (χ2n) is 7.01. The van der Waals surface area contributed by atoms with Crippen LogP contribution in [0.3, 0.4) is 0 Å². The summed E-state index contributed by atoms with van der Waals surface area (Å²) in [6.45, 7) is 8.05. The molecule has 0 saturated carbocycles. The van der Waals surface area contributed by atoms with Crippen LogP contribution < -0.4 is 5.32 Å². The van der Waals surface area contributed by atoms with Gasteiger partial charge in [-0.1, -0.05) is 30.3 Å². The van der Waals surface area contributed by atoms with Crippen LogP contribution in [0.5, 0.6) is 0 Å². The number of anilines is 1. The third-order valence-electron chi connectivity index (χ3n) is 4.92. The molecule has 0 radical (unpaired) electrons. The molecule has 1 N–H and O–H groups in total. The van der Waals surface area contributed by atoms with Gasteiger partial charge in [-0.3, -0.25) is 4.79 Å². The average Bonchev–Trinajstić information content (AvgIpc) is 2.95. The highest BCUT2D eigenvalue weighted by Crippen LogP contribution is 2.27. The maximum absolute atomic E-state index is 13.8. The zero-order valence-electron chi connectivity index (χ0n) is 16.9. The van der Waals surface area contributed by atoms with Crippen molar-refractivity contribution in [3.8, 4) is 11.8 Å². The lowest BCUT2D eigenvalue weighted by molar-refractivity contribution is -0.112. The normalized spacial score (nSPS) is 11.2. The number of hydrogen-bond acceptors (Lipinski definition) is 2. The largest absolute Gasteiger partial charge is 0.319 e. The number of rotatable bonds is 4. The molecule has 0 bridgehead atoms. The molecule has 1 heterocycles. The van der Waals surface area contributed by atoms with Gasteiger partial charge in [0.15, 0.2) is 0 Å². The van der Waals surface area contributed by atoms with Crippen molar-refractivity contribution in [1.82, 2.24) is 4.57 Å². The highest BCUT2D eigenvalue weighted by atomic mass is 19.1. The van der Waals surface area contributed by atoms with Gasteiger partial charge in [0.2, 0.25) is 0 Å². The summed E-state index contributed by atoms with van der Waals surface area (Å²) >= 11 is 0. The average molecular weight is 387 g/mol. The topological polar surface area (TPSA) is 57.8 Å². The highest BCUT2D eigenvalue weighted by molar-refractivity contribution is 6.09. The van der Waals surface area contributed by atoms with Crippen LogP contribution in [-0.4, -0.2) is 10.5 Å². The summed E-state index contributed by atoms with van der Waals surface area (Å²) in [6.07, 6.45) is 1.54. The Hall–Kier alpha value is -3.65. The zero-order valence-corrected chi connectivity index (χ0v) is 16.9. The fraction of sp³-hybridized carbons (Fsp3) is 0.167. The third-order valence-corrected chi connectivity index (χ3v) is 4.92. The lowest BCUT2D eigenvalue weighted by Crippen LogP contribution is -2.14. The molecular weight excluding hydrogens is 365 g/mol. The van der Waals surface area contributed by atoms with Crippen LogP contribution in [0.15, 0.2) is 54.1 Å². The van der Waals surface area contributed by atoms with Crippen molar-refractivity contribution in [3.63, 3.8) is 0 Å². The van der Waals surface area contributed by atoms with Crippen molar-refractivity contribution in [2.75, 3.05) is 5.32 Å². The molecule has 0 atom stereocenters. The van der Waals surface area contributed by atoms with Crippen LogP contribution in [0.4, 0.5) is 10.1 Å². The maximum atomic E-state index is 13.8. The Bertz CT molecular complexity index is 1150. The van der Waals surface area contributed by atoms with E-state index in [4.69, 9.17) is 0 Å². The molecule has 29 heavy (non-hydrogen) atoms. The molecular formula is C24H22FN3O. The predicted octanol–water partition coefficient (Wildman–Crippen LogP) is 5.40. The second-order valence-corrected chi connectivity index (χ2v) is 7.01. The fourth-order valence-corrected chi connectivity index (χ4v) is 3.49. The molecule has 3 rings (SSSR count). The Morgan fingerprint density at radius 1 is 1.07 bits per heavy atom. The Kier molecular flexibility index (Phi) is 5.65. The minimum Gasteiger partial charge on any atom is -0.319 e. The summed E-state index contributed by atoms with van der Waals surface area (Å²) in [5.74, 6) is -1.19. The molecule has 0 spiro atoms. The van der Waals surface area contributed by atoms with Gasteiger partial charge >= 0.3 is 0 Å². The molecule has 2 aromatic carbocycles. The minimum atomic E-state index is -0.644. The van der Waals surface area contributed by atoms with Gasteiger partial charge in [0, 0.05) is 11.4 Å². The minimum absolute atomic E-state index is 0.0413. The van der Waals surface area contributed by atoms with Gasteiger partial charge in [-0.05, 0) is 68.7 Å². The molecule has 1 amide bonds. The first-order valence-electron chi connectivity index (χ1n) is 9.26. The van der Waals surface area contributed by atoms with Gasteiger partial charge in [-0.15, -0.1) is 0 Å². The van der Waals surface area contributed by atoms with Crippen molar-refractivity contribution in [3.05, 3.63) is 88.0 Å². The zero-order chi connectivity index (χ0) is 21.1. The Balaban J connectivity index is 2.00. The van der Waals surface area contributed by atoms with Gasteiger partial charge in [-0.25, -0.2) is 4.39 Å². The predicted molar refractivity (Wildman–Crippen MR) is 113 cm³/mol. The summed E-state index contributed by atoms with van der Waals surface area (Å²) in [4.78, 5) is 12.5. The van der Waals surface area contributed by atoms with Gasteiger partial charge in [0.1, 0.15) is 17.5 Å². The van der Waals surface area contributed by atoms with E-state index in [1.807, 2.05) is 32.0 Å². The van der Waals surface area contributed by atoms with Gasteiger partial charge in [0.25, 0.3) is 5.91 Å². The van der Waals surface area contributed by atoms with E-state index < -0.39 is 11.7 Å². The van der Waals surface area contributed by atoms with Crippen LogP contribution in [0.25, 0.3) is 11.8 Å². The van der Waals surface area contributed by atoms with Gasteiger partial charge in [-0.2, -0.15) is 5.26 Å². The summed E-state index contributed by atoms with van der Waals surface area (Å²) in [5.41, 5.74) is 6.01. The van der Waals surface area contributed by atoms with Gasteiger partial charge < -0.3 is 9.88 Å². The number of hydrogen-bond donors (Lipinski definition) is 1. The molecule has 5 heteroatoms. The number of aryl methyl sites for hydroxylation is 3. The summed E-state index contributed by atoms with van der Waals surface area (Å²) in [6, 6.07) is 15.9. The molecule has 1 aromatic heterocycles. The molecule has 0 aliphatic heterocycles. The number of aromatic nitrogens is 1. The molecule has 0 unspecified atom stereocenters. The monoisotopic (exact) mass is 387 g/mol. The number of nitrogens with one attached hydrogen (secondary N) is 1. The lowest BCUT2D eigenvalue weighted by atomic mass is 10.1. The van der Waals surface area contributed by atoms with Crippen LogP contribution in [0.1, 0.15) is 28.1 Å². The SMILES string of the molecule is Cc1cccc(C)c1-n1c(C)cc(/C=C(\C#N)C(=O)Nc2ccccc2F)c1C. The molecule has 4 nitrogen and oxygen atoms in total. The van der Waals surface area contributed by atoms with Crippen LogP contribution in [0.2, 0.25) is 0 Å². The molecule has 0 aliphatic carbocycles. The smallest absolute Gasteiger partial charge is 0.266 e. The van der Waals surface area contributed by atoms with Crippen molar-refractivity contribution >= 4 is 17.7 Å². The Morgan fingerprint density at radius 3 is 2.34 bits per heavy atom. The van der Waals surface area contributed by atoms with E-state index in [0.29, 0.717) is 0 Å². The highest BCUT2D eigenvalue weighted by Gasteiger charge is 2.16. The summed E-state index contributed by atoms with van der Waals surface area (Å²) < 4.78 is 15.9. The van der Waals surface area contributed by atoms with E-state index in [0.717, 1.165) is 33.8 Å². The van der Waals surface area contributed by atoms with E-state index in [1.54, 1.807) is 12.1 Å². The summed E-state index contributed by atoms with van der Waals surface area (Å²) in [7, 11) is 0. The van der Waals surface area contributed by atoms with Crippen molar-refractivity contribution in [2.45, 2.75) is 27.7 Å². The molecule has 0 aliphatic rings. The Morgan fingerprint density at radius 2 is 1.72 bits per heavy atom. The number of amides is 1. The number of carbonyl (C=O) groups is 1. The quantitative estimate of drug-likeness (QED) is 0.482. The number of nitrogens with zero attached hydrogens (tertiary/aromatic N) is 2. The fourth-order valence-electron chi connectivity index (χ4n) is 3.49. The van der Waals surface area contributed by atoms with Crippen molar-refractivity contribution in [1.29, 1.82) is 5.26 Å². The van der Waals surface area contributed by atoms with Crippen LogP contribution in [0, 0.1) is 44.8 Å². The van der Waals surface area contributed by atoms with Crippen molar-refractivity contribution < 1.29 is 9.18 Å². The first-order chi connectivity index (χ1) is 13.8. The number of benzene rings is 2. The van der Waals surface area contributed by atoms with E-state index >= 15 is 0 Å². The Labute approximate surface area is 169 Å². The van der Waals surface area contributed by atoms with Crippen molar-refractivity contribution in [2.24, 2.45) is 0 Å². The number of para-hydroxylation sites is 2. The van der Waals surface area contributed by atoms with E-state index in [-0.39, 0.29) is 11.3 Å². The number of nitriles is 1. The molecule has 0 fully saturated rings. The number of halogens is 1. The van der Waals surface area contributed by atoms with Crippen LogP contribution >= 0.6 is 0 Å². The van der Waals surface area contributed by atoms with E-state index in [9.17, 15) is 14.4 Å². The second kappa shape index (κ2) is 8.15. The van der Waals surface area contributed by atoms with E-state index in [1.165, 1.54) is 18.2 Å². The molecule has 146 valence electrons. The summed E-state index contributed by atoms with van der Waals surface area (Å²) in [5, 5.41) is 12.0.